The Bertz CT molecular complexity index is 335. The molecule has 0 radical (unpaired) electrons. The van der Waals surface area contributed by atoms with Crippen LogP contribution in [0.4, 0.5) is 0 Å². The third-order valence-corrected chi connectivity index (χ3v) is 2.76. The number of hydrogen-bond acceptors (Lipinski definition) is 3. The number of hydrazine groups is 1. The van der Waals surface area contributed by atoms with Crippen LogP contribution in [0.2, 0.25) is 0 Å². The highest BCUT2D eigenvalue weighted by atomic mass is 15.6. The van der Waals surface area contributed by atoms with Crippen LogP contribution in [0, 0.1) is 5.41 Å². The van der Waals surface area contributed by atoms with E-state index in [9.17, 15) is 0 Å². The molecule has 3 N–H and O–H groups in total. The van der Waals surface area contributed by atoms with Gasteiger partial charge in [-0.05, 0) is 19.8 Å². The van der Waals surface area contributed by atoms with Gasteiger partial charge in [0.25, 0.3) is 0 Å². The first kappa shape index (κ1) is 11.4. The minimum atomic E-state index is -0.0482. The summed E-state index contributed by atoms with van der Waals surface area (Å²) in [7, 11) is 0. The van der Waals surface area contributed by atoms with Crippen molar-refractivity contribution in [1.82, 2.24) is 10.3 Å². The number of nitrogens with one attached hydrogen (secondary N) is 1. The Morgan fingerprint density at radius 2 is 2.06 bits per heavy atom. The lowest BCUT2D eigenvalue weighted by Gasteiger charge is -2.35. The van der Waals surface area contributed by atoms with Gasteiger partial charge >= 0.3 is 0 Å². The molecule has 1 atom stereocenters. The van der Waals surface area contributed by atoms with Crippen LogP contribution in [-0.4, -0.2) is 29.0 Å². The minimum absolute atomic E-state index is 0.000158. The largest absolute Gasteiger partial charge is 0.313 e. The zero-order chi connectivity index (χ0) is 11.9. The van der Waals surface area contributed by atoms with E-state index in [1.54, 1.807) is 5.01 Å². The molecule has 1 aliphatic carbocycles. The first-order chi connectivity index (χ1) is 7.38. The molecule has 0 bridgehead atoms. The normalized spacial score (nSPS) is 29.1. The maximum atomic E-state index is 5.94. The van der Waals surface area contributed by atoms with E-state index in [-0.39, 0.29) is 11.6 Å². The summed E-state index contributed by atoms with van der Waals surface area (Å²) in [5.74, 6) is 7.66. The Morgan fingerprint density at radius 3 is 2.56 bits per heavy atom. The second-order valence-corrected chi connectivity index (χ2v) is 5.58. The van der Waals surface area contributed by atoms with Crippen molar-refractivity contribution in [2.75, 3.05) is 0 Å². The van der Waals surface area contributed by atoms with Gasteiger partial charge in [0.05, 0.1) is 6.04 Å². The van der Waals surface area contributed by atoms with Gasteiger partial charge in [-0.2, -0.15) is 0 Å². The van der Waals surface area contributed by atoms with Gasteiger partial charge in [0.1, 0.15) is 12.0 Å². The van der Waals surface area contributed by atoms with Gasteiger partial charge in [0, 0.05) is 5.41 Å². The fourth-order valence-corrected chi connectivity index (χ4v) is 1.49. The zero-order valence-electron chi connectivity index (χ0n) is 10.5. The number of aliphatic imine (C=N–C) groups is 2. The van der Waals surface area contributed by atoms with E-state index in [1.165, 1.54) is 12.8 Å². The highest BCUT2D eigenvalue weighted by Gasteiger charge is 2.31. The molecule has 0 aromatic rings. The van der Waals surface area contributed by atoms with Crippen molar-refractivity contribution in [2.45, 2.75) is 52.7 Å². The monoisotopic (exact) mass is 223 g/mol. The van der Waals surface area contributed by atoms with Crippen molar-refractivity contribution in [3.8, 4) is 0 Å². The summed E-state index contributed by atoms with van der Waals surface area (Å²) in [6.45, 7) is 8.38. The topological polar surface area (TPSA) is 66.0 Å². The third-order valence-electron chi connectivity index (χ3n) is 2.76. The summed E-state index contributed by atoms with van der Waals surface area (Å²) in [5, 5.41) is 4.85. The van der Waals surface area contributed by atoms with E-state index >= 15 is 0 Å². The number of nitrogens with two attached hydrogens (primary N) is 1. The number of guanidine groups is 1. The summed E-state index contributed by atoms with van der Waals surface area (Å²) in [5.41, 5.74) is -0.000158. The van der Waals surface area contributed by atoms with Crippen molar-refractivity contribution in [3.63, 3.8) is 0 Å². The van der Waals surface area contributed by atoms with Crippen molar-refractivity contribution in [1.29, 1.82) is 0 Å². The molecule has 5 heteroatoms. The third kappa shape index (κ3) is 2.35. The van der Waals surface area contributed by atoms with Crippen LogP contribution in [0.1, 0.15) is 40.5 Å². The van der Waals surface area contributed by atoms with E-state index in [4.69, 9.17) is 5.84 Å². The fraction of sp³-hybridized carbons (Fsp3) is 0.818. The average Bonchev–Trinajstić information content (AvgIpc) is 2.94. The number of rotatable bonds is 1. The Kier molecular flexibility index (Phi) is 2.66. The van der Waals surface area contributed by atoms with Gasteiger partial charge in [-0.3, -0.25) is 5.01 Å². The van der Waals surface area contributed by atoms with Gasteiger partial charge in [-0.25, -0.2) is 15.8 Å². The summed E-state index contributed by atoms with van der Waals surface area (Å²) in [4.78, 5) is 9.11. The van der Waals surface area contributed by atoms with E-state index in [0.717, 1.165) is 11.8 Å². The molecule has 0 aromatic heterocycles. The molecule has 16 heavy (non-hydrogen) atoms. The van der Waals surface area contributed by atoms with Gasteiger partial charge < -0.3 is 5.32 Å². The Morgan fingerprint density at radius 1 is 1.44 bits per heavy atom. The van der Waals surface area contributed by atoms with Gasteiger partial charge in [0.15, 0.2) is 0 Å². The van der Waals surface area contributed by atoms with Crippen LogP contribution >= 0.6 is 0 Å². The molecular formula is C11H21N5. The Hall–Kier alpha value is -1.10. The van der Waals surface area contributed by atoms with E-state index < -0.39 is 0 Å². The molecule has 0 saturated heterocycles. The molecule has 0 aromatic carbocycles. The lowest BCUT2D eigenvalue weighted by molar-refractivity contribution is 0.325. The van der Waals surface area contributed by atoms with Crippen LogP contribution in [0.25, 0.3) is 0 Å². The summed E-state index contributed by atoms with van der Waals surface area (Å²) >= 11 is 0. The number of amidine groups is 1. The molecule has 1 fully saturated rings. The number of nitrogens with zero attached hydrogens (tertiary/aromatic N) is 3. The molecule has 1 saturated carbocycles. The second-order valence-electron chi connectivity index (χ2n) is 5.58. The summed E-state index contributed by atoms with van der Waals surface area (Å²) in [6.07, 6.45) is 2.30. The van der Waals surface area contributed by atoms with Crippen LogP contribution in [0.3, 0.4) is 0 Å². The van der Waals surface area contributed by atoms with Gasteiger partial charge in [0.2, 0.25) is 5.96 Å². The van der Waals surface area contributed by atoms with Crippen molar-refractivity contribution in [2.24, 2.45) is 21.2 Å². The highest BCUT2D eigenvalue weighted by molar-refractivity contribution is 6.03. The van der Waals surface area contributed by atoms with E-state index in [1.807, 2.05) is 6.92 Å². The standard InChI is InChI=1S/C11H21N5/c1-7-13-9(11(2,3)4)15-10(16(7)12)14-8-5-6-8/h7-8H,5-6,12H2,1-4H3,(H,13,14,15). The molecule has 0 amide bonds. The lowest BCUT2D eigenvalue weighted by atomic mass is 9.94. The van der Waals surface area contributed by atoms with Crippen molar-refractivity contribution in [3.05, 3.63) is 0 Å². The lowest BCUT2D eigenvalue weighted by Crippen LogP contribution is -2.58. The van der Waals surface area contributed by atoms with E-state index in [0.29, 0.717) is 6.04 Å². The Balaban J connectivity index is 2.22. The molecule has 1 heterocycles. The van der Waals surface area contributed by atoms with Crippen molar-refractivity contribution >= 4 is 11.8 Å². The smallest absolute Gasteiger partial charge is 0.216 e. The first-order valence-corrected chi connectivity index (χ1v) is 5.85. The highest BCUT2D eigenvalue weighted by Crippen LogP contribution is 2.25. The summed E-state index contributed by atoms with van der Waals surface area (Å²) in [6, 6.07) is 0.458. The van der Waals surface area contributed by atoms with Crippen LogP contribution < -0.4 is 11.2 Å². The summed E-state index contributed by atoms with van der Waals surface area (Å²) < 4.78 is 0. The molecule has 2 aliphatic rings. The SMILES string of the molecule is CC1N=C(C(C)(C)C)NC(=NC2CC2)N1N. The molecular weight excluding hydrogens is 202 g/mol. The minimum Gasteiger partial charge on any atom is -0.313 e. The maximum absolute atomic E-state index is 5.94. The average molecular weight is 223 g/mol. The van der Waals surface area contributed by atoms with Gasteiger partial charge in [-0.15, -0.1) is 0 Å². The molecule has 90 valence electrons. The predicted molar refractivity (Wildman–Crippen MR) is 66.0 cm³/mol. The zero-order valence-corrected chi connectivity index (χ0v) is 10.5. The molecule has 1 unspecified atom stereocenters. The van der Waals surface area contributed by atoms with Crippen LogP contribution in [0.5, 0.6) is 0 Å². The Labute approximate surface area is 96.8 Å². The van der Waals surface area contributed by atoms with Gasteiger partial charge in [-0.1, -0.05) is 20.8 Å². The maximum Gasteiger partial charge on any atom is 0.216 e. The first-order valence-electron chi connectivity index (χ1n) is 5.85. The second kappa shape index (κ2) is 3.73. The van der Waals surface area contributed by atoms with Crippen LogP contribution in [0.15, 0.2) is 9.98 Å². The fourth-order valence-electron chi connectivity index (χ4n) is 1.49. The molecule has 1 aliphatic heterocycles. The quantitative estimate of drug-likeness (QED) is 0.654. The van der Waals surface area contributed by atoms with Crippen LogP contribution in [-0.2, 0) is 0 Å². The molecule has 0 spiro atoms. The molecule has 2 rings (SSSR count). The predicted octanol–water partition coefficient (Wildman–Crippen LogP) is 1.07. The van der Waals surface area contributed by atoms with E-state index in [2.05, 4.69) is 36.1 Å². The number of hydrogen-bond donors (Lipinski definition) is 2. The van der Waals surface area contributed by atoms with Crippen molar-refractivity contribution < 1.29 is 0 Å². The molecule has 5 nitrogen and oxygen atoms in total.